The first-order valence-corrected chi connectivity index (χ1v) is 9.00. The summed E-state index contributed by atoms with van der Waals surface area (Å²) in [7, 11) is 0. The highest BCUT2D eigenvalue weighted by Gasteiger charge is 2.41. The largest absolute Gasteiger partial charge is 0.466 e. The van der Waals surface area contributed by atoms with Gasteiger partial charge in [-0.2, -0.15) is 26.3 Å². The predicted octanol–water partition coefficient (Wildman–Crippen LogP) is 6.90. The Hall–Kier alpha value is -2.58. The molecule has 0 radical (unpaired) electrons. The van der Waals surface area contributed by atoms with Gasteiger partial charge in [0.05, 0.1) is 24.2 Å². The van der Waals surface area contributed by atoms with Crippen LogP contribution in [0.2, 0.25) is 0 Å². The molecule has 0 aliphatic heterocycles. The first kappa shape index (κ1) is 23.7. The summed E-state index contributed by atoms with van der Waals surface area (Å²) in [6, 6.07) is 3.65. The van der Waals surface area contributed by atoms with Crippen LogP contribution in [0, 0.1) is 12.7 Å². The number of ether oxygens (including phenoxy) is 1. The normalized spacial score (nSPS) is 13.3. The quantitative estimate of drug-likeness (QED) is 0.377. The van der Waals surface area contributed by atoms with Crippen LogP contribution in [0.5, 0.6) is 0 Å². The number of hydrogen-bond donors (Lipinski definition) is 0. The van der Waals surface area contributed by atoms with E-state index in [0.29, 0.717) is 18.2 Å². The Balaban J connectivity index is 2.74. The van der Waals surface area contributed by atoms with Gasteiger partial charge in [-0.3, -0.25) is 4.79 Å². The minimum atomic E-state index is -5.06. The summed E-state index contributed by atoms with van der Waals surface area (Å²) in [6.07, 6.45) is -10.4. The molecule has 0 aromatic heterocycles. The second kappa shape index (κ2) is 8.65. The van der Waals surface area contributed by atoms with E-state index in [1.165, 1.54) is 13.8 Å². The molecule has 0 aliphatic rings. The van der Waals surface area contributed by atoms with Crippen LogP contribution in [0.3, 0.4) is 0 Å². The molecule has 9 heteroatoms. The number of carbonyl (C=O) groups is 1. The fourth-order valence-corrected chi connectivity index (χ4v) is 3.22. The first-order chi connectivity index (χ1) is 13.8. The van der Waals surface area contributed by atoms with Crippen molar-refractivity contribution in [2.45, 2.75) is 45.5 Å². The molecule has 2 rings (SSSR count). The van der Waals surface area contributed by atoms with Crippen LogP contribution < -0.4 is 0 Å². The molecule has 0 fully saturated rings. The lowest BCUT2D eigenvalue weighted by molar-refractivity contribution is -0.144. The number of esters is 1. The van der Waals surface area contributed by atoms with Crippen LogP contribution in [0.4, 0.5) is 30.7 Å². The van der Waals surface area contributed by atoms with Crippen LogP contribution >= 0.6 is 0 Å². The Kier molecular flexibility index (Phi) is 6.83. The van der Waals surface area contributed by atoms with Crippen molar-refractivity contribution in [1.82, 2.24) is 0 Å². The SMILES string of the molecule is CCOC(=O)C[C@H](C)c1cc(-c2c(C(F)(F)F)cccc2C(F)(F)F)cc(C)c1F. The fourth-order valence-electron chi connectivity index (χ4n) is 3.22. The zero-order valence-corrected chi connectivity index (χ0v) is 16.3. The zero-order chi connectivity index (χ0) is 22.9. The molecule has 164 valence electrons. The third-order valence-electron chi connectivity index (χ3n) is 4.56. The van der Waals surface area contributed by atoms with E-state index in [1.54, 1.807) is 6.92 Å². The third kappa shape index (κ3) is 5.12. The van der Waals surface area contributed by atoms with E-state index in [1.807, 2.05) is 0 Å². The summed E-state index contributed by atoms with van der Waals surface area (Å²) in [5.74, 6) is -2.28. The lowest BCUT2D eigenvalue weighted by atomic mass is 9.88. The maximum absolute atomic E-state index is 14.7. The number of alkyl halides is 6. The Morgan fingerprint density at radius 3 is 2.03 bits per heavy atom. The van der Waals surface area contributed by atoms with Gasteiger partial charge >= 0.3 is 18.3 Å². The van der Waals surface area contributed by atoms with Gasteiger partial charge in [0.15, 0.2) is 0 Å². The number of aryl methyl sites for hydroxylation is 1. The maximum Gasteiger partial charge on any atom is 0.417 e. The smallest absolute Gasteiger partial charge is 0.417 e. The molecule has 0 unspecified atom stereocenters. The molecule has 2 nitrogen and oxygen atoms in total. The molecule has 2 aromatic rings. The monoisotopic (exact) mass is 436 g/mol. The summed E-state index contributed by atoms with van der Waals surface area (Å²) >= 11 is 0. The average Bonchev–Trinajstić information content (AvgIpc) is 2.61. The van der Waals surface area contributed by atoms with E-state index in [9.17, 15) is 35.5 Å². The Labute approximate surface area is 168 Å². The standard InChI is InChI=1S/C21H19F7O2/c1-4-30-17(29)9-11(2)14-10-13(8-12(3)19(14)22)18-15(20(23,24)25)6-5-7-16(18)21(26,27)28/h5-8,10-11H,4,9H2,1-3H3/t11-/m0/s1. The summed E-state index contributed by atoms with van der Waals surface area (Å²) in [6.45, 7) is 4.34. The number of carbonyl (C=O) groups excluding carboxylic acids is 1. The lowest BCUT2D eigenvalue weighted by Gasteiger charge is -2.21. The van der Waals surface area contributed by atoms with E-state index in [0.717, 1.165) is 12.1 Å². The highest BCUT2D eigenvalue weighted by Crippen LogP contribution is 2.45. The minimum Gasteiger partial charge on any atom is -0.466 e. The minimum absolute atomic E-state index is 0.0843. The van der Waals surface area contributed by atoms with Crippen LogP contribution in [0.15, 0.2) is 30.3 Å². The molecule has 0 saturated heterocycles. The first-order valence-electron chi connectivity index (χ1n) is 9.00. The van der Waals surface area contributed by atoms with Gasteiger partial charge in [0.25, 0.3) is 0 Å². The van der Waals surface area contributed by atoms with Crippen molar-refractivity contribution in [3.8, 4) is 11.1 Å². The molecular formula is C21H19F7O2. The van der Waals surface area contributed by atoms with Gasteiger partial charge in [-0.1, -0.05) is 13.0 Å². The van der Waals surface area contributed by atoms with E-state index in [2.05, 4.69) is 0 Å². The molecule has 0 amide bonds. The van der Waals surface area contributed by atoms with Gasteiger partial charge < -0.3 is 4.74 Å². The molecule has 0 N–H and O–H groups in total. The molecule has 0 spiro atoms. The van der Waals surface area contributed by atoms with Gasteiger partial charge in [0.2, 0.25) is 0 Å². The molecule has 1 atom stereocenters. The van der Waals surface area contributed by atoms with Gasteiger partial charge in [0, 0.05) is 5.56 Å². The molecule has 0 bridgehead atoms. The van der Waals surface area contributed by atoms with Crippen molar-refractivity contribution in [1.29, 1.82) is 0 Å². The second-order valence-corrected chi connectivity index (χ2v) is 6.83. The number of hydrogen-bond acceptors (Lipinski definition) is 2. The van der Waals surface area contributed by atoms with Crippen molar-refractivity contribution >= 4 is 5.97 Å². The number of rotatable bonds is 5. The number of benzene rings is 2. The maximum atomic E-state index is 14.7. The topological polar surface area (TPSA) is 26.3 Å². The second-order valence-electron chi connectivity index (χ2n) is 6.83. The lowest BCUT2D eigenvalue weighted by Crippen LogP contribution is -2.15. The molecule has 0 saturated carbocycles. The summed E-state index contributed by atoms with van der Waals surface area (Å²) < 4.78 is 100. The average molecular weight is 436 g/mol. The van der Waals surface area contributed by atoms with Crippen molar-refractivity contribution in [2.24, 2.45) is 0 Å². The van der Waals surface area contributed by atoms with Crippen LogP contribution in [0.1, 0.15) is 48.4 Å². The molecule has 30 heavy (non-hydrogen) atoms. The van der Waals surface area contributed by atoms with Crippen molar-refractivity contribution in [3.05, 3.63) is 58.4 Å². The fraction of sp³-hybridized carbons (Fsp3) is 0.381. The third-order valence-corrected chi connectivity index (χ3v) is 4.56. The summed E-state index contributed by atoms with van der Waals surface area (Å²) in [5, 5.41) is 0. The molecule has 0 aliphatic carbocycles. The van der Waals surface area contributed by atoms with Crippen molar-refractivity contribution in [3.63, 3.8) is 0 Å². The van der Waals surface area contributed by atoms with Gasteiger partial charge in [0.1, 0.15) is 5.82 Å². The highest BCUT2D eigenvalue weighted by molar-refractivity contribution is 5.75. The van der Waals surface area contributed by atoms with E-state index < -0.39 is 52.3 Å². The number of halogens is 7. The van der Waals surface area contributed by atoms with Gasteiger partial charge in [-0.05, 0) is 60.7 Å². The Morgan fingerprint density at radius 1 is 1.03 bits per heavy atom. The van der Waals surface area contributed by atoms with Crippen LogP contribution in [0.25, 0.3) is 11.1 Å². The molecular weight excluding hydrogens is 417 g/mol. The van der Waals surface area contributed by atoms with Crippen LogP contribution in [-0.4, -0.2) is 12.6 Å². The van der Waals surface area contributed by atoms with Crippen molar-refractivity contribution in [2.75, 3.05) is 6.61 Å². The van der Waals surface area contributed by atoms with Gasteiger partial charge in [-0.25, -0.2) is 4.39 Å². The zero-order valence-electron chi connectivity index (χ0n) is 16.3. The van der Waals surface area contributed by atoms with Crippen LogP contribution in [-0.2, 0) is 21.9 Å². The van der Waals surface area contributed by atoms with Crippen molar-refractivity contribution < 1.29 is 40.3 Å². The Morgan fingerprint density at radius 2 is 1.57 bits per heavy atom. The molecule has 0 heterocycles. The predicted molar refractivity (Wildman–Crippen MR) is 96.2 cm³/mol. The van der Waals surface area contributed by atoms with Gasteiger partial charge in [-0.15, -0.1) is 0 Å². The summed E-state index contributed by atoms with van der Waals surface area (Å²) in [4.78, 5) is 11.7. The molecule has 2 aromatic carbocycles. The van der Waals surface area contributed by atoms with E-state index in [-0.39, 0.29) is 24.2 Å². The van der Waals surface area contributed by atoms with E-state index in [4.69, 9.17) is 4.74 Å². The summed E-state index contributed by atoms with van der Waals surface area (Å²) in [5.41, 5.74) is -4.77. The Bertz CT molecular complexity index is 898. The van der Waals surface area contributed by atoms with E-state index >= 15 is 0 Å². The highest BCUT2D eigenvalue weighted by atomic mass is 19.4.